The van der Waals surface area contributed by atoms with E-state index in [1.54, 1.807) is 20.5 Å². The van der Waals surface area contributed by atoms with Crippen molar-refractivity contribution in [3.05, 3.63) is 78.4 Å². The Morgan fingerprint density at radius 2 is 1.15 bits per heavy atom. The number of carbonyl (C=O) groups excluding carboxylic acids is 2. The zero-order valence-corrected chi connectivity index (χ0v) is 41.7. The van der Waals surface area contributed by atoms with Gasteiger partial charge in [-0.25, -0.2) is 24.9 Å². The number of hydrogen-bond donors (Lipinski definition) is 2. The minimum atomic E-state index is 0.0488. The van der Waals surface area contributed by atoms with Gasteiger partial charge in [-0.3, -0.25) is 9.59 Å². The van der Waals surface area contributed by atoms with Gasteiger partial charge in [0.15, 0.2) is 11.6 Å². The minimum absolute atomic E-state index is 0.0488. The van der Waals surface area contributed by atoms with Gasteiger partial charge in [0.1, 0.15) is 40.2 Å². The topological polar surface area (TPSA) is 167 Å². The maximum absolute atomic E-state index is 13.6. The van der Waals surface area contributed by atoms with E-state index in [1.807, 2.05) is 66.6 Å². The number of methoxy groups -OCH3 is 2. The Kier molecular flexibility index (Phi) is 11.3. The van der Waals surface area contributed by atoms with Gasteiger partial charge in [-0.15, -0.1) is 0 Å². The quantitative estimate of drug-likeness (QED) is 0.144. The second-order valence-electron chi connectivity index (χ2n) is 21.3. The maximum Gasteiger partial charge on any atom is 0.254 e. The van der Waals surface area contributed by atoms with Crippen LogP contribution in [0.1, 0.15) is 72.1 Å². The molecule has 2 aliphatic carbocycles. The minimum Gasteiger partial charge on any atom is -0.494 e. The van der Waals surface area contributed by atoms with Crippen molar-refractivity contribution < 1.29 is 19.1 Å². The zero-order valence-electron chi connectivity index (χ0n) is 41.7. The fourth-order valence-corrected chi connectivity index (χ4v) is 12.4. The van der Waals surface area contributed by atoms with E-state index in [1.165, 1.54) is 38.5 Å². The number of aryl methyl sites for hydroxylation is 2. The molecule has 8 aromatic rings. The van der Waals surface area contributed by atoms with Crippen molar-refractivity contribution in [1.29, 1.82) is 0 Å². The lowest BCUT2D eigenvalue weighted by molar-refractivity contribution is 0.0662. The first-order valence-corrected chi connectivity index (χ1v) is 26.1. The molecule has 17 heteroatoms. The van der Waals surface area contributed by atoms with Gasteiger partial charge in [0.2, 0.25) is 0 Å². The molecule has 4 atom stereocenters. The molecule has 0 spiro atoms. The lowest BCUT2D eigenvalue weighted by Gasteiger charge is -2.35. The van der Waals surface area contributed by atoms with Gasteiger partial charge in [0, 0.05) is 99.7 Å². The lowest BCUT2D eigenvalue weighted by Crippen LogP contribution is -2.48. The molecule has 10 heterocycles. The standard InChI is InChI=1S/C28H32N6O2.C27H31N7O2/c1-32-25-21(31-27(32)23-13-19-4-3-9-30-26(19)34(23)15-17-5-6-17)12-20(14-24(25)36-2)28(35)33-11-8-18-7-10-29-22(18)16-33;1-32-24-20(31-26(32)22-10-19-12-28-15-30-25(19)34(22)13-16-3-4-16)9-18(11-23(24)36-2)27(35)33-8-6-17-5-7-29-21(17)14-33/h3-4,9,12-14,17-18,22,29H,5-8,10-11,15-16H2,1-2H3;9-12,15-17,21,29H,3-8,13-14H2,1-2H3/t18-,22+;17-,21+/m01/s1. The molecule has 6 fully saturated rings. The summed E-state index contributed by atoms with van der Waals surface area (Å²) in [5.74, 6) is 5.91. The van der Waals surface area contributed by atoms with Crippen LogP contribution in [0.3, 0.4) is 0 Å². The van der Waals surface area contributed by atoms with E-state index in [0.29, 0.717) is 58.4 Å². The molecule has 0 unspecified atom stereocenters. The Morgan fingerprint density at radius 3 is 1.67 bits per heavy atom. The van der Waals surface area contributed by atoms with E-state index in [2.05, 4.69) is 62.1 Å². The number of benzene rings is 2. The molecule has 2 aromatic carbocycles. The second kappa shape index (κ2) is 18.0. The number of pyridine rings is 1. The highest BCUT2D eigenvalue weighted by Gasteiger charge is 2.37. The molecule has 4 aliphatic heterocycles. The van der Waals surface area contributed by atoms with Crippen molar-refractivity contribution in [3.8, 4) is 34.5 Å². The number of imidazole rings is 2. The number of piperidine rings is 2. The van der Waals surface area contributed by atoms with Gasteiger partial charge in [0.05, 0.1) is 36.6 Å². The van der Waals surface area contributed by atoms with Gasteiger partial charge < -0.3 is 48.2 Å². The first kappa shape index (κ1) is 45.0. The smallest absolute Gasteiger partial charge is 0.254 e. The Labute approximate surface area is 417 Å². The number of nitrogens with zero attached hydrogens (tertiary/aromatic N) is 11. The van der Waals surface area contributed by atoms with Crippen LogP contribution in [-0.2, 0) is 27.2 Å². The SMILES string of the molecule is COc1cc(C(=O)N2CC[C@@H]3CCN[C@@H]3C2)cc2nc(-c3cc4cccnc4n3CC3CC3)n(C)c12.COc1cc(C(=O)N2CC[C@H]3CCN[C@H]3C2)cc2nc(-c3cc4cncnc4n3CC3CC3)n(C)c12. The zero-order chi connectivity index (χ0) is 48.8. The van der Waals surface area contributed by atoms with Crippen molar-refractivity contribution in [2.75, 3.05) is 53.5 Å². The highest BCUT2D eigenvalue weighted by Crippen LogP contribution is 2.40. The molecule has 2 saturated carbocycles. The van der Waals surface area contributed by atoms with Gasteiger partial charge >= 0.3 is 0 Å². The molecule has 4 saturated heterocycles. The van der Waals surface area contributed by atoms with Crippen molar-refractivity contribution in [2.45, 2.75) is 76.5 Å². The first-order valence-electron chi connectivity index (χ1n) is 26.1. The number of fused-ring (bicyclic) bond motifs is 6. The third-order valence-corrected chi connectivity index (χ3v) is 16.7. The summed E-state index contributed by atoms with van der Waals surface area (Å²) >= 11 is 0. The van der Waals surface area contributed by atoms with Crippen LogP contribution >= 0.6 is 0 Å². The molecule has 372 valence electrons. The highest BCUT2D eigenvalue weighted by atomic mass is 16.5. The van der Waals surface area contributed by atoms with E-state index >= 15 is 0 Å². The number of amides is 2. The molecule has 6 aliphatic rings. The van der Waals surface area contributed by atoms with Crippen LogP contribution in [0.5, 0.6) is 11.5 Å². The van der Waals surface area contributed by atoms with E-state index in [-0.39, 0.29) is 11.8 Å². The summed E-state index contributed by atoms with van der Waals surface area (Å²) in [6.45, 7) is 7.13. The van der Waals surface area contributed by atoms with Crippen LogP contribution in [0.15, 0.2) is 67.3 Å². The van der Waals surface area contributed by atoms with Crippen LogP contribution in [0, 0.1) is 23.7 Å². The van der Waals surface area contributed by atoms with Crippen LogP contribution < -0.4 is 20.1 Å². The van der Waals surface area contributed by atoms with Crippen molar-refractivity contribution in [3.63, 3.8) is 0 Å². The van der Waals surface area contributed by atoms with Crippen LogP contribution in [-0.4, -0.2) is 130 Å². The second-order valence-corrected chi connectivity index (χ2v) is 21.3. The fraction of sp³-hybridized carbons (Fsp3) is 0.473. The average Bonchev–Trinajstić information content (AvgIpc) is 4.03. The third kappa shape index (κ3) is 7.95. The molecule has 14 rings (SSSR count). The Hall–Kier alpha value is -6.85. The molecule has 0 bridgehead atoms. The van der Waals surface area contributed by atoms with Crippen LogP contribution in [0.4, 0.5) is 0 Å². The molecule has 2 N–H and O–H groups in total. The lowest BCUT2D eigenvalue weighted by atomic mass is 9.92. The van der Waals surface area contributed by atoms with Crippen molar-refractivity contribution in [2.24, 2.45) is 37.8 Å². The number of ether oxygens (including phenoxy) is 2. The van der Waals surface area contributed by atoms with Crippen LogP contribution in [0.25, 0.3) is 67.2 Å². The van der Waals surface area contributed by atoms with E-state index in [0.717, 1.165) is 132 Å². The summed E-state index contributed by atoms with van der Waals surface area (Å²) in [6, 6.07) is 16.8. The third-order valence-electron chi connectivity index (χ3n) is 16.7. The van der Waals surface area contributed by atoms with Gasteiger partial charge in [-0.1, -0.05) is 0 Å². The summed E-state index contributed by atoms with van der Waals surface area (Å²) < 4.78 is 20.3. The molecular formula is C55H63N13O4. The highest BCUT2D eigenvalue weighted by molar-refractivity contribution is 6.01. The van der Waals surface area contributed by atoms with Crippen LogP contribution in [0.2, 0.25) is 0 Å². The summed E-state index contributed by atoms with van der Waals surface area (Å²) in [6.07, 6.45) is 14.9. The van der Waals surface area contributed by atoms with E-state index in [9.17, 15) is 9.59 Å². The predicted molar refractivity (Wildman–Crippen MR) is 276 cm³/mol. The number of likely N-dealkylation sites (tertiary alicyclic amines) is 2. The first-order chi connectivity index (χ1) is 35.2. The number of rotatable bonds is 10. The van der Waals surface area contributed by atoms with E-state index in [4.69, 9.17) is 19.4 Å². The fourth-order valence-electron chi connectivity index (χ4n) is 12.4. The predicted octanol–water partition coefficient (Wildman–Crippen LogP) is 7.06. The van der Waals surface area contributed by atoms with E-state index < -0.39 is 0 Å². The Morgan fingerprint density at radius 1 is 0.639 bits per heavy atom. The molecule has 17 nitrogen and oxygen atoms in total. The number of aromatic nitrogens is 9. The molecule has 72 heavy (non-hydrogen) atoms. The molecular weight excluding hydrogens is 907 g/mol. The van der Waals surface area contributed by atoms with Gasteiger partial charge in [-0.2, -0.15) is 0 Å². The van der Waals surface area contributed by atoms with Crippen molar-refractivity contribution in [1.82, 2.24) is 63.6 Å². The van der Waals surface area contributed by atoms with Gasteiger partial charge in [0.25, 0.3) is 11.8 Å². The summed E-state index contributed by atoms with van der Waals surface area (Å²) in [4.78, 5) is 54.7. The number of carbonyl (C=O) groups is 2. The summed E-state index contributed by atoms with van der Waals surface area (Å²) in [5.41, 5.74) is 8.60. The Bertz CT molecular complexity index is 3190. The maximum atomic E-state index is 13.6. The number of nitrogens with one attached hydrogen (secondary N) is 2. The normalized spacial score (nSPS) is 21.9. The Balaban J connectivity index is 0.000000140. The monoisotopic (exact) mass is 970 g/mol. The molecule has 6 aromatic heterocycles. The van der Waals surface area contributed by atoms with Crippen molar-refractivity contribution >= 4 is 55.9 Å². The molecule has 2 amide bonds. The summed E-state index contributed by atoms with van der Waals surface area (Å²) in [5, 5.41) is 9.26. The average molecular weight is 970 g/mol. The van der Waals surface area contributed by atoms with Gasteiger partial charge in [-0.05, 0) is 137 Å². The summed E-state index contributed by atoms with van der Waals surface area (Å²) in [7, 11) is 7.36. The largest absolute Gasteiger partial charge is 0.494 e. The number of hydrogen-bond acceptors (Lipinski definition) is 11. The molecule has 0 radical (unpaired) electrons.